The minimum atomic E-state index is -2.32. The monoisotopic (exact) mass is 764 g/mol. The number of aliphatic hydroxyl groups is 1. The van der Waals surface area contributed by atoms with E-state index in [-0.39, 0.29) is 36.0 Å². The van der Waals surface area contributed by atoms with Gasteiger partial charge >= 0.3 is 0 Å². The number of aliphatic hydroxyl groups excluding tert-OH is 1. The van der Waals surface area contributed by atoms with Crippen LogP contribution in [0.2, 0.25) is 23.7 Å². The number of fused-ring (bicyclic) bond motifs is 2. The average Bonchev–Trinajstić information content (AvgIpc) is 3.73. The zero-order valence-corrected chi connectivity index (χ0v) is 33.2. The number of para-hydroxylation sites is 1. The van der Waals surface area contributed by atoms with Gasteiger partial charge in [0.05, 0.1) is 40.2 Å². The molecular formula is C43H49ClN4O5Si. The molecule has 4 atom stereocenters. The van der Waals surface area contributed by atoms with Gasteiger partial charge < -0.3 is 29.7 Å². The number of benzene rings is 4. The van der Waals surface area contributed by atoms with E-state index in [2.05, 4.69) is 54.5 Å². The Morgan fingerprint density at radius 3 is 2.35 bits per heavy atom. The van der Waals surface area contributed by atoms with Crippen molar-refractivity contribution >= 4 is 53.7 Å². The topological polar surface area (TPSA) is 94.6 Å². The fraction of sp³-hybridized carbons (Fsp3) is 0.395. The van der Waals surface area contributed by atoms with Crippen LogP contribution in [0.1, 0.15) is 37.3 Å². The highest BCUT2D eigenvalue weighted by atomic mass is 35.5. The highest BCUT2D eigenvalue weighted by molar-refractivity contribution is 6.91. The number of nitrogens with zero attached hydrogens (tertiary/aromatic N) is 3. The van der Waals surface area contributed by atoms with Gasteiger partial charge in [0.2, 0.25) is 0 Å². The Labute approximate surface area is 323 Å². The number of halogens is 1. The lowest BCUT2D eigenvalue weighted by molar-refractivity contribution is -0.146. The Balaban J connectivity index is 1.13. The first-order valence-electron chi connectivity index (χ1n) is 19.0. The molecule has 0 aliphatic carbocycles. The minimum Gasteiger partial charge on any atom is -0.497 e. The van der Waals surface area contributed by atoms with Crippen LogP contribution in [0.15, 0.2) is 97.1 Å². The van der Waals surface area contributed by atoms with E-state index >= 15 is 4.79 Å². The quantitative estimate of drug-likeness (QED) is 0.190. The molecule has 3 fully saturated rings. The maximum atomic E-state index is 15.2. The highest BCUT2D eigenvalue weighted by Gasteiger charge is 2.66. The first-order valence-corrected chi connectivity index (χ1v) is 22.5. The second kappa shape index (κ2) is 14.1. The number of ether oxygens (including phenoxy) is 2. The smallest absolute Gasteiger partial charge is 0.264 e. The van der Waals surface area contributed by atoms with Gasteiger partial charge in [0.15, 0.2) is 5.60 Å². The number of carbonyl (C=O) groups excluding carboxylic acids is 2. The summed E-state index contributed by atoms with van der Waals surface area (Å²) in [5, 5.41) is 15.5. The fourth-order valence-corrected chi connectivity index (χ4v) is 14.2. The van der Waals surface area contributed by atoms with Crippen LogP contribution in [-0.2, 0) is 26.5 Å². The van der Waals surface area contributed by atoms with Crippen molar-refractivity contribution in [2.45, 2.75) is 68.6 Å². The lowest BCUT2D eigenvalue weighted by atomic mass is 9.82. The molecule has 11 heteroatoms. The summed E-state index contributed by atoms with van der Waals surface area (Å²) in [6.45, 7) is 9.07. The third-order valence-electron chi connectivity index (χ3n) is 12.7. The van der Waals surface area contributed by atoms with Crippen molar-refractivity contribution in [3.63, 3.8) is 0 Å². The van der Waals surface area contributed by atoms with E-state index in [1.54, 1.807) is 7.11 Å². The molecule has 0 saturated carbocycles. The van der Waals surface area contributed by atoms with E-state index in [0.29, 0.717) is 24.7 Å². The van der Waals surface area contributed by atoms with Gasteiger partial charge in [-0.1, -0.05) is 79.3 Å². The molecule has 3 saturated heterocycles. The zero-order chi connectivity index (χ0) is 37.8. The number of methoxy groups -OCH3 is 1. The molecule has 54 heavy (non-hydrogen) atoms. The van der Waals surface area contributed by atoms with E-state index < -0.39 is 19.2 Å². The van der Waals surface area contributed by atoms with E-state index in [0.717, 1.165) is 59.9 Å². The molecule has 2 N–H and O–H groups in total. The Kier molecular flexibility index (Phi) is 9.63. The van der Waals surface area contributed by atoms with Gasteiger partial charge in [0, 0.05) is 34.5 Å². The van der Waals surface area contributed by atoms with Gasteiger partial charge in [0.1, 0.15) is 11.3 Å². The maximum absolute atomic E-state index is 15.2. The van der Waals surface area contributed by atoms with Crippen molar-refractivity contribution in [3.8, 4) is 5.75 Å². The standard InChI is InChI=1S/C43H49ClN4O5Si/c1-29-39(54(3,4)35-16-14-34(52-2)15-17-35)38(19-24-49)53-43(29)36-26-31(44)13-18-37(36)46(41(43)51)27-30-9-8-12-33(25-30)47-28-48(32-10-6-5-7-11-32)42(40(47)50)20-22-45-23-21-42/h5-18,25-26,29,38-39,45,49H,19-24,27-28H2,1-4H3/t29-,38+,39-,43+/m0/s1. The van der Waals surface area contributed by atoms with E-state index in [1.165, 1.54) is 5.19 Å². The predicted octanol–water partition coefficient (Wildman–Crippen LogP) is 6.43. The van der Waals surface area contributed by atoms with Gasteiger partial charge in [-0.05, 0) is 98.1 Å². The molecule has 0 unspecified atom stereocenters. The molecule has 4 aromatic rings. The molecule has 9 nitrogen and oxygen atoms in total. The first-order chi connectivity index (χ1) is 26.0. The molecule has 0 bridgehead atoms. The summed E-state index contributed by atoms with van der Waals surface area (Å²) < 4.78 is 12.5. The van der Waals surface area contributed by atoms with Crippen molar-refractivity contribution in [1.82, 2.24) is 5.32 Å². The summed E-state index contributed by atoms with van der Waals surface area (Å²) in [6.07, 6.45) is 1.56. The molecule has 2 spiro atoms. The third-order valence-corrected chi connectivity index (χ3v) is 17.3. The van der Waals surface area contributed by atoms with Gasteiger partial charge in [-0.2, -0.15) is 0 Å². The summed E-state index contributed by atoms with van der Waals surface area (Å²) in [6, 6.07) is 32.1. The molecule has 0 aromatic heterocycles. The minimum absolute atomic E-state index is 0.0214. The maximum Gasteiger partial charge on any atom is 0.264 e. The lowest BCUT2D eigenvalue weighted by Gasteiger charge is -2.39. The molecule has 8 rings (SSSR count). The largest absolute Gasteiger partial charge is 0.497 e. The number of hydrogen-bond donors (Lipinski definition) is 2. The number of nitrogens with one attached hydrogen (secondary N) is 1. The van der Waals surface area contributed by atoms with E-state index in [9.17, 15) is 9.90 Å². The molecular weight excluding hydrogens is 716 g/mol. The molecule has 2 amide bonds. The number of hydrogen-bond acceptors (Lipinski definition) is 7. The van der Waals surface area contributed by atoms with Gasteiger partial charge in [0.25, 0.3) is 11.8 Å². The molecule has 0 radical (unpaired) electrons. The van der Waals surface area contributed by atoms with Crippen molar-refractivity contribution < 1.29 is 24.2 Å². The van der Waals surface area contributed by atoms with Crippen LogP contribution in [0.3, 0.4) is 0 Å². The summed E-state index contributed by atoms with van der Waals surface area (Å²) in [7, 11) is -0.653. The number of amides is 2. The van der Waals surface area contributed by atoms with Crippen LogP contribution in [0.5, 0.6) is 5.75 Å². The molecule has 282 valence electrons. The van der Waals surface area contributed by atoms with Gasteiger partial charge in [-0.3, -0.25) is 14.5 Å². The lowest BCUT2D eigenvalue weighted by Crippen LogP contribution is -2.55. The number of carbonyl (C=O) groups is 2. The second-order valence-electron chi connectivity index (χ2n) is 15.8. The van der Waals surface area contributed by atoms with Crippen molar-refractivity contribution in [2.24, 2.45) is 5.92 Å². The summed E-state index contributed by atoms with van der Waals surface area (Å²) >= 11 is 6.69. The SMILES string of the molecule is COc1ccc([Si](C)(C)[C@@H]2[C@@H](CCO)O[C@]3(C(=O)N(Cc4cccc(N5CN(c6ccccc6)C6(CCNCC6)C5=O)c4)c4ccc(Cl)cc43)[C@H]2C)cc1. The Hall–Kier alpha value is -4.19. The van der Waals surface area contributed by atoms with Crippen LogP contribution < -0.4 is 29.9 Å². The summed E-state index contributed by atoms with van der Waals surface area (Å²) in [5.41, 5.74) is 2.45. The van der Waals surface area contributed by atoms with Crippen LogP contribution in [0.25, 0.3) is 0 Å². The molecule has 4 aliphatic heterocycles. The average molecular weight is 765 g/mol. The molecule has 4 aromatic carbocycles. The number of rotatable bonds is 9. The van der Waals surface area contributed by atoms with Gasteiger partial charge in [-0.15, -0.1) is 0 Å². The Morgan fingerprint density at radius 1 is 0.926 bits per heavy atom. The summed E-state index contributed by atoms with van der Waals surface area (Å²) in [5.74, 6) is 0.583. The number of piperidine rings is 1. The van der Waals surface area contributed by atoms with E-state index in [1.807, 2.05) is 82.6 Å². The Bertz CT molecular complexity index is 2040. The van der Waals surface area contributed by atoms with Crippen LogP contribution in [0, 0.1) is 5.92 Å². The molecule has 4 aliphatic rings. The van der Waals surface area contributed by atoms with Crippen LogP contribution in [0.4, 0.5) is 17.1 Å². The fourth-order valence-electron chi connectivity index (χ4n) is 10.0. The highest BCUT2D eigenvalue weighted by Crippen LogP contribution is 2.60. The van der Waals surface area contributed by atoms with Crippen LogP contribution >= 0.6 is 11.6 Å². The van der Waals surface area contributed by atoms with Crippen molar-refractivity contribution in [3.05, 3.63) is 113 Å². The van der Waals surface area contributed by atoms with E-state index in [4.69, 9.17) is 21.1 Å². The normalized spacial score (nSPS) is 24.9. The second-order valence-corrected chi connectivity index (χ2v) is 20.9. The predicted molar refractivity (Wildman–Crippen MR) is 216 cm³/mol. The number of anilines is 3. The summed E-state index contributed by atoms with van der Waals surface area (Å²) in [4.78, 5) is 35.6. The third kappa shape index (κ3) is 5.76. The van der Waals surface area contributed by atoms with Crippen LogP contribution in [-0.4, -0.2) is 70.1 Å². The van der Waals surface area contributed by atoms with Crippen molar-refractivity contribution in [2.75, 3.05) is 48.2 Å². The first kappa shape index (κ1) is 36.8. The van der Waals surface area contributed by atoms with Crippen molar-refractivity contribution in [1.29, 1.82) is 0 Å². The Morgan fingerprint density at radius 2 is 1.65 bits per heavy atom. The van der Waals surface area contributed by atoms with Gasteiger partial charge in [-0.25, -0.2) is 0 Å². The zero-order valence-electron chi connectivity index (χ0n) is 31.4. The molecule has 4 heterocycles.